The van der Waals surface area contributed by atoms with E-state index in [2.05, 4.69) is 36.5 Å². The summed E-state index contributed by atoms with van der Waals surface area (Å²) in [5.41, 5.74) is 1.31. The average molecular weight is 261 g/mol. The Bertz CT molecular complexity index is 404. The SMILES string of the molecule is CCCOc1ccc(CNC2CC3CCC2O3)cc1. The van der Waals surface area contributed by atoms with Crippen LogP contribution in [0.3, 0.4) is 0 Å². The van der Waals surface area contributed by atoms with Crippen molar-refractivity contribution in [3.05, 3.63) is 29.8 Å². The van der Waals surface area contributed by atoms with Gasteiger partial charge in [-0.2, -0.15) is 0 Å². The minimum Gasteiger partial charge on any atom is -0.494 e. The molecule has 2 bridgehead atoms. The number of fused-ring (bicyclic) bond motifs is 2. The maximum absolute atomic E-state index is 5.85. The molecule has 1 aromatic rings. The fourth-order valence-electron chi connectivity index (χ4n) is 3.03. The van der Waals surface area contributed by atoms with E-state index in [-0.39, 0.29) is 0 Å². The van der Waals surface area contributed by atoms with Crippen LogP contribution in [0.1, 0.15) is 38.2 Å². The molecular weight excluding hydrogens is 238 g/mol. The summed E-state index contributed by atoms with van der Waals surface area (Å²) in [6.45, 7) is 3.83. The van der Waals surface area contributed by atoms with E-state index < -0.39 is 0 Å². The maximum Gasteiger partial charge on any atom is 0.119 e. The van der Waals surface area contributed by atoms with Crippen molar-refractivity contribution in [3.8, 4) is 5.75 Å². The van der Waals surface area contributed by atoms with Gasteiger partial charge in [0.05, 0.1) is 18.8 Å². The third-order valence-electron chi connectivity index (χ3n) is 4.07. The van der Waals surface area contributed by atoms with Gasteiger partial charge in [0.25, 0.3) is 0 Å². The van der Waals surface area contributed by atoms with Crippen molar-refractivity contribution in [2.75, 3.05) is 6.61 Å². The van der Waals surface area contributed by atoms with Gasteiger partial charge in [-0.05, 0) is 43.4 Å². The van der Waals surface area contributed by atoms with Crippen LogP contribution in [-0.2, 0) is 11.3 Å². The van der Waals surface area contributed by atoms with Gasteiger partial charge in [-0.15, -0.1) is 0 Å². The number of rotatable bonds is 6. The van der Waals surface area contributed by atoms with Crippen molar-refractivity contribution in [1.29, 1.82) is 0 Å². The summed E-state index contributed by atoms with van der Waals surface area (Å²) in [6, 6.07) is 8.96. The first-order valence-corrected chi connectivity index (χ1v) is 7.45. The quantitative estimate of drug-likeness (QED) is 0.854. The second kappa shape index (κ2) is 5.93. The molecule has 0 aliphatic carbocycles. The molecule has 0 saturated carbocycles. The molecular formula is C16H23NO2. The molecule has 0 radical (unpaired) electrons. The normalized spacial score (nSPS) is 28.8. The summed E-state index contributed by atoms with van der Waals surface area (Å²) in [4.78, 5) is 0. The average Bonchev–Trinajstić information content (AvgIpc) is 3.06. The lowest BCUT2D eigenvalue weighted by molar-refractivity contribution is 0.0973. The molecule has 0 spiro atoms. The van der Waals surface area contributed by atoms with Crippen molar-refractivity contribution in [2.45, 2.75) is 57.4 Å². The standard InChI is InChI=1S/C16H23NO2/c1-2-9-18-13-5-3-12(4-6-13)11-17-15-10-14-7-8-16(15)19-14/h3-6,14-17H,2,7-11H2,1H3. The maximum atomic E-state index is 5.85. The van der Waals surface area contributed by atoms with E-state index in [9.17, 15) is 0 Å². The molecule has 0 amide bonds. The summed E-state index contributed by atoms with van der Waals surface area (Å²) in [5.74, 6) is 0.967. The van der Waals surface area contributed by atoms with Crippen LogP contribution < -0.4 is 10.1 Å². The summed E-state index contributed by atoms with van der Waals surface area (Å²) in [7, 11) is 0. The smallest absolute Gasteiger partial charge is 0.119 e. The molecule has 3 atom stereocenters. The van der Waals surface area contributed by atoms with Gasteiger partial charge in [-0.1, -0.05) is 19.1 Å². The zero-order valence-electron chi connectivity index (χ0n) is 11.6. The van der Waals surface area contributed by atoms with Crippen LogP contribution in [0.4, 0.5) is 0 Å². The highest BCUT2D eigenvalue weighted by Crippen LogP contribution is 2.34. The lowest BCUT2D eigenvalue weighted by atomic mass is 9.95. The fraction of sp³-hybridized carbons (Fsp3) is 0.625. The molecule has 0 aromatic heterocycles. The van der Waals surface area contributed by atoms with Gasteiger partial charge >= 0.3 is 0 Å². The first-order chi connectivity index (χ1) is 9.35. The number of ether oxygens (including phenoxy) is 2. The van der Waals surface area contributed by atoms with Crippen LogP contribution in [0.2, 0.25) is 0 Å². The molecule has 104 valence electrons. The predicted octanol–water partition coefficient (Wildman–Crippen LogP) is 2.88. The molecule has 2 heterocycles. The summed E-state index contributed by atoms with van der Waals surface area (Å²) < 4.78 is 11.4. The molecule has 1 N–H and O–H groups in total. The topological polar surface area (TPSA) is 30.5 Å². The van der Waals surface area contributed by atoms with Gasteiger partial charge in [0.1, 0.15) is 5.75 Å². The highest BCUT2D eigenvalue weighted by molar-refractivity contribution is 5.27. The minimum absolute atomic E-state index is 0.456. The molecule has 3 heteroatoms. The van der Waals surface area contributed by atoms with E-state index in [4.69, 9.17) is 9.47 Å². The third-order valence-corrected chi connectivity index (χ3v) is 4.07. The fourth-order valence-corrected chi connectivity index (χ4v) is 3.03. The Morgan fingerprint density at radius 3 is 2.74 bits per heavy atom. The minimum atomic E-state index is 0.456. The van der Waals surface area contributed by atoms with E-state index in [0.717, 1.165) is 25.3 Å². The Kier molecular flexibility index (Phi) is 4.04. The molecule has 2 fully saturated rings. The van der Waals surface area contributed by atoms with Gasteiger partial charge in [0.15, 0.2) is 0 Å². The number of hydrogen-bond donors (Lipinski definition) is 1. The number of nitrogens with one attached hydrogen (secondary N) is 1. The molecule has 19 heavy (non-hydrogen) atoms. The Morgan fingerprint density at radius 1 is 1.26 bits per heavy atom. The van der Waals surface area contributed by atoms with Crippen molar-refractivity contribution in [2.24, 2.45) is 0 Å². The Labute approximate surface area is 115 Å². The molecule has 2 aliphatic heterocycles. The van der Waals surface area contributed by atoms with E-state index in [1.165, 1.54) is 24.8 Å². The first kappa shape index (κ1) is 12.9. The monoisotopic (exact) mass is 261 g/mol. The van der Waals surface area contributed by atoms with Crippen molar-refractivity contribution < 1.29 is 9.47 Å². The van der Waals surface area contributed by atoms with Crippen LogP contribution in [0.15, 0.2) is 24.3 Å². The molecule has 3 rings (SSSR count). The van der Waals surface area contributed by atoms with Crippen LogP contribution in [-0.4, -0.2) is 24.9 Å². The second-order valence-electron chi connectivity index (χ2n) is 5.59. The molecule has 2 aliphatic rings. The van der Waals surface area contributed by atoms with E-state index in [0.29, 0.717) is 18.2 Å². The van der Waals surface area contributed by atoms with Crippen LogP contribution >= 0.6 is 0 Å². The molecule has 2 saturated heterocycles. The van der Waals surface area contributed by atoms with Crippen molar-refractivity contribution in [3.63, 3.8) is 0 Å². The zero-order chi connectivity index (χ0) is 13.1. The lowest BCUT2D eigenvalue weighted by Crippen LogP contribution is -2.36. The van der Waals surface area contributed by atoms with Gasteiger partial charge in [-0.3, -0.25) is 0 Å². The summed E-state index contributed by atoms with van der Waals surface area (Å²) in [5, 5.41) is 3.63. The van der Waals surface area contributed by atoms with Crippen LogP contribution in [0, 0.1) is 0 Å². The zero-order valence-corrected chi connectivity index (χ0v) is 11.6. The van der Waals surface area contributed by atoms with Gasteiger partial charge in [0.2, 0.25) is 0 Å². The largest absolute Gasteiger partial charge is 0.494 e. The van der Waals surface area contributed by atoms with E-state index in [1.807, 2.05) is 0 Å². The third kappa shape index (κ3) is 3.10. The highest BCUT2D eigenvalue weighted by atomic mass is 16.5. The summed E-state index contributed by atoms with van der Waals surface area (Å²) >= 11 is 0. The van der Waals surface area contributed by atoms with E-state index in [1.54, 1.807) is 0 Å². The highest BCUT2D eigenvalue weighted by Gasteiger charge is 2.40. The first-order valence-electron chi connectivity index (χ1n) is 7.45. The Morgan fingerprint density at radius 2 is 2.11 bits per heavy atom. The predicted molar refractivity (Wildman–Crippen MR) is 75.4 cm³/mol. The molecule has 3 unspecified atom stereocenters. The van der Waals surface area contributed by atoms with Gasteiger partial charge in [-0.25, -0.2) is 0 Å². The van der Waals surface area contributed by atoms with Crippen molar-refractivity contribution >= 4 is 0 Å². The van der Waals surface area contributed by atoms with Crippen molar-refractivity contribution in [1.82, 2.24) is 5.32 Å². The Hall–Kier alpha value is -1.06. The number of benzene rings is 1. The van der Waals surface area contributed by atoms with Crippen LogP contribution in [0.5, 0.6) is 5.75 Å². The number of hydrogen-bond acceptors (Lipinski definition) is 3. The summed E-state index contributed by atoms with van der Waals surface area (Å²) in [6.07, 6.45) is 5.69. The van der Waals surface area contributed by atoms with E-state index >= 15 is 0 Å². The lowest BCUT2D eigenvalue weighted by Gasteiger charge is -2.20. The van der Waals surface area contributed by atoms with Gasteiger partial charge in [0, 0.05) is 12.6 Å². The Balaban J connectivity index is 1.47. The molecule has 1 aromatic carbocycles. The molecule has 3 nitrogen and oxygen atoms in total. The van der Waals surface area contributed by atoms with Crippen LogP contribution in [0.25, 0.3) is 0 Å². The second-order valence-corrected chi connectivity index (χ2v) is 5.59. The van der Waals surface area contributed by atoms with Gasteiger partial charge < -0.3 is 14.8 Å².